The van der Waals surface area contributed by atoms with E-state index in [9.17, 15) is 19.1 Å². The number of H-pyrrole nitrogens is 1. The molecule has 0 radical (unpaired) electrons. The minimum atomic E-state index is -1.10. The van der Waals surface area contributed by atoms with E-state index >= 15 is 0 Å². The molecular formula is C22H26Cl2FN5O4S. The van der Waals surface area contributed by atoms with Gasteiger partial charge in [0.25, 0.3) is 5.91 Å². The minimum Gasteiger partial charge on any atom is -0.477 e. The van der Waals surface area contributed by atoms with Crippen molar-refractivity contribution in [1.82, 2.24) is 15.0 Å². The molecule has 0 saturated carbocycles. The smallest absolute Gasteiger partial charge is 0.348 e. The number of nitrogens with two attached hydrogens (primary N) is 1. The monoisotopic (exact) mass is 545 g/mol. The van der Waals surface area contributed by atoms with Gasteiger partial charge in [0.05, 0.1) is 10.0 Å². The molecule has 1 amide bonds. The molecule has 1 aliphatic heterocycles. The molecule has 0 atom stereocenters. The van der Waals surface area contributed by atoms with Gasteiger partial charge in [0.15, 0.2) is 10.9 Å². The van der Waals surface area contributed by atoms with Crippen molar-refractivity contribution in [3.05, 3.63) is 50.5 Å². The highest BCUT2D eigenvalue weighted by Gasteiger charge is 2.25. The molecule has 0 bridgehead atoms. The number of carboxylic acid groups (broad SMARTS) is 1. The standard InChI is InChI=1S/C14H14FN3O2S.C6H6Cl2N2O.C2H6O/c15-9-5-4-6-16-10(9)11-12(13(19)20)21-14(17-11)18-7-2-1-3-8-18;1-2-3(7)4(8)5(10-2)6(9)11;1-2-3/h4-6H,1-3,7-8H2,(H,19,20);10H,1H3,(H2,9,11);3H,2H2,1H3. The van der Waals surface area contributed by atoms with E-state index in [4.69, 9.17) is 34.0 Å². The number of carboxylic acids is 1. The topological polar surface area (TPSA) is 145 Å². The van der Waals surface area contributed by atoms with Crippen LogP contribution in [-0.4, -0.2) is 56.7 Å². The number of thiazole rings is 1. The minimum absolute atomic E-state index is 0.00518. The van der Waals surface area contributed by atoms with E-state index in [1.54, 1.807) is 13.8 Å². The zero-order valence-electron chi connectivity index (χ0n) is 19.1. The Bertz CT molecular complexity index is 1160. The Kier molecular flexibility index (Phi) is 10.9. The van der Waals surface area contributed by atoms with Crippen molar-refractivity contribution in [3.63, 3.8) is 0 Å². The summed E-state index contributed by atoms with van der Waals surface area (Å²) in [6.45, 7) is 5.36. The number of nitrogens with one attached hydrogen (secondary N) is 1. The van der Waals surface area contributed by atoms with Gasteiger partial charge >= 0.3 is 5.97 Å². The van der Waals surface area contributed by atoms with Crippen LogP contribution >= 0.6 is 34.5 Å². The van der Waals surface area contributed by atoms with Crippen LogP contribution in [0.3, 0.4) is 0 Å². The predicted octanol–water partition coefficient (Wildman–Crippen LogP) is 4.76. The second kappa shape index (κ2) is 13.4. The maximum Gasteiger partial charge on any atom is 0.348 e. The molecule has 5 N–H and O–H groups in total. The summed E-state index contributed by atoms with van der Waals surface area (Å²) in [5, 5.41) is 18.1. The summed E-state index contributed by atoms with van der Waals surface area (Å²) in [6, 6.07) is 2.73. The van der Waals surface area contributed by atoms with Crippen molar-refractivity contribution < 1.29 is 24.2 Å². The Balaban J connectivity index is 0.000000260. The number of aromatic amines is 1. The lowest BCUT2D eigenvalue weighted by molar-refractivity contribution is 0.0702. The second-order valence-electron chi connectivity index (χ2n) is 7.29. The first kappa shape index (κ1) is 28.5. The Morgan fingerprint density at radius 3 is 2.31 bits per heavy atom. The molecule has 9 nitrogen and oxygen atoms in total. The van der Waals surface area contributed by atoms with Gasteiger partial charge in [-0.1, -0.05) is 34.5 Å². The van der Waals surface area contributed by atoms with E-state index in [1.807, 2.05) is 0 Å². The highest BCUT2D eigenvalue weighted by molar-refractivity contribution is 7.17. The van der Waals surface area contributed by atoms with Crippen LogP contribution in [0.25, 0.3) is 11.4 Å². The molecule has 190 valence electrons. The van der Waals surface area contributed by atoms with E-state index in [1.165, 1.54) is 24.8 Å². The van der Waals surface area contributed by atoms with Gasteiger partial charge in [-0.15, -0.1) is 0 Å². The number of hydrogen-bond donors (Lipinski definition) is 4. The van der Waals surface area contributed by atoms with Crippen LogP contribution in [0.2, 0.25) is 10.0 Å². The van der Waals surface area contributed by atoms with Gasteiger partial charge in [0, 0.05) is 31.6 Å². The zero-order valence-corrected chi connectivity index (χ0v) is 21.5. The number of piperidine rings is 1. The summed E-state index contributed by atoms with van der Waals surface area (Å²) in [5.41, 5.74) is 5.90. The molecule has 0 aromatic carbocycles. The Morgan fingerprint density at radius 2 is 1.86 bits per heavy atom. The molecule has 4 rings (SSSR count). The maximum atomic E-state index is 13.9. The third-order valence-electron chi connectivity index (χ3n) is 4.72. The molecule has 3 aromatic heterocycles. The number of aryl methyl sites for hydroxylation is 1. The Labute approximate surface area is 215 Å². The molecular weight excluding hydrogens is 520 g/mol. The lowest BCUT2D eigenvalue weighted by atomic mass is 10.1. The van der Waals surface area contributed by atoms with Gasteiger partial charge in [-0.05, 0) is 45.2 Å². The van der Waals surface area contributed by atoms with E-state index in [0.717, 1.165) is 37.3 Å². The number of pyridine rings is 1. The molecule has 4 heterocycles. The number of rotatable bonds is 4. The summed E-state index contributed by atoms with van der Waals surface area (Å²) < 4.78 is 13.9. The predicted molar refractivity (Wildman–Crippen MR) is 135 cm³/mol. The summed E-state index contributed by atoms with van der Waals surface area (Å²) >= 11 is 12.4. The third-order valence-corrected chi connectivity index (χ3v) is 6.77. The van der Waals surface area contributed by atoms with E-state index < -0.39 is 17.7 Å². The number of anilines is 1. The van der Waals surface area contributed by atoms with Crippen molar-refractivity contribution in [2.45, 2.75) is 33.1 Å². The number of aromatic nitrogens is 3. The van der Waals surface area contributed by atoms with Crippen molar-refractivity contribution in [2.75, 3.05) is 24.6 Å². The van der Waals surface area contributed by atoms with E-state index in [0.29, 0.717) is 15.8 Å². The van der Waals surface area contributed by atoms with Gasteiger partial charge < -0.3 is 25.8 Å². The van der Waals surface area contributed by atoms with Crippen molar-refractivity contribution in [1.29, 1.82) is 0 Å². The fraction of sp³-hybridized carbons (Fsp3) is 0.364. The molecule has 1 aliphatic rings. The average Bonchev–Trinajstić information content (AvgIpc) is 3.39. The van der Waals surface area contributed by atoms with Gasteiger partial charge in [0.2, 0.25) is 0 Å². The number of hydrogen-bond acceptors (Lipinski definition) is 7. The average molecular weight is 546 g/mol. The van der Waals surface area contributed by atoms with E-state index in [2.05, 4.69) is 19.9 Å². The number of primary amides is 1. The Morgan fingerprint density at radius 1 is 1.23 bits per heavy atom. The number of nitrogens with zero attached hydrogens (tertiary/aromatic N) is 3. The fourth-order valence-electron chi connectivity index (χ4n) is 3.14. The third kappa shape index (κ3) is 7.38. The summed E-state index contributed by atoms with van der Waals surface area (Å²) in [6.07, 6.45) is 4.74. The summed E-state index contributed by atoms with van der Waals surface area (Å²) in [5.74, 6) is -2.27. The first-order valence-corrected chi connectivity index (χ1v) is 12.2. The van der Waals surface area contributed by atoms with Crippen molar-refractivity contribution >= 4 is 51.5 Å². The molecule has 35 heavy (non-hydrogen) atoms. The number of amides is 1. The van der Waals surface area contributed by atoms with Gasteiger partial charge in [-0.2, -0.15) is 0 Å². The number of carbonyl (C=O) groups excluding carboxylic acids is 1. The molecule has 13 heteroatoms. The number of aliphatic hydroxyl groups excluding tert-OH is 1. The first-order chi connectivity index (χ1) is 16.6. The van der Waals surface area contributed by atoms with Crippen molar-refractivity contribution in [2.24, 2.45) is 5.73 Å². The number of aliphatic hydroxyl groups is 1. The van der Waals surface area contributed by atoms with Crippen LogP contribution < -0.4 is 10.6 Å². The Hall–Kier alpha value is -2.73. The number of aromatic carboxylic acids is 1. The van der Waals surface area contributed by atoms with Crippen LogP contribution in [0, 0.1) is 12.7 Å². The maximum absolute atomic E-state index is 13.9. The van der Waals surface area contributed by atoms with Gasteiger partial charge in [0.1, 0.15) is 22.0 Å². The highest BCUT2D eigenvalue weighted by Crippen LogP contribution is 2.34. The molecule has 0 unspecified atom stereocenters. The lowest BCUT2D eigenvalue weighted by Gasteiger charge is -2.25. The normalized spacial score (nSPS) is 12.8. The van der Waals surface area contributed by atoms with E-state index in [-0.39, 0.29) is 33.6 Å². The summed E-state index contributed by atoms with van der Waals surface area (Å²) in [7, 11) is 0. The molecule has 3 aromatic rings. The summed E-state index contributed by atoms with van der Waals surface area (Å²) in [4.78, 5) is 35.1. The molecule has 1 fully saturated rings. The van der Waals surface area contributed by atoms with Crippen LogP contribution in [-0.2, 0) is 0 Å². The van der Waals surface area contributed by atoms with Gasteiger partial charge in [-0.3, -0.25) is 9.78 Å². The van der Waals surface area contributed by atoms with Gasteiger partial charge in [-0.25, -0.2) is 14.2 Å². The largest absolute Gasteiger partial charge is 0.477 e. The number of halogens is 3. The second-order valence-corrected chi connectivity index (χ2v) is 9.03. The quantitative estimate of drug-likeness (QED) is 0.369. The van der Waals surface area contributed by atoms with Crippen LogP contribution in [0.5, 0.6) is 0 Å². The molecule has 0 spiro atoms. The lowest BCUT2D eigenvalue weighted by Crippen LogP contribution is -2.29. The van der Waals surface area contributed by atoms with Crippen LogP contribution in [0.4, 0.5) is 9.52 Å². The SMILES string of the molecule is CCO.Cc1[nH]c(C(N)=O)c(Cl)c1Cl.O=C(O)c1sc(N2CCCCC2)nc1-c1ncccc1F. The van der Waals surface area contributed by atoms with Crippen molar-refractivity contribution in [3.8, 4) is 11.4 Å². The first-order valence-electron chi connectivity index (χ1n) is 10.7. The van der Waals surface area contributed by atoms with Crippen LogP contribution in [0.15, 0.2) is 18.3 Å². The zero-order chi connectivity index (χ0) is 26.1. The highest BCUT2D eigenvalue weighted by atomic mass is 35.5. The molecule has 1 saturated heterocycles. The fourth-order valence-corrected chi connectivity index (χ4v) is 4.52. The number of carbonyl (C=O) groups is 2. The van der Waals surface area contributed by atoms with Crippen LogP contribution in [0.1, 0.15) is 52.0 Å². The molecule has 0 aliphatic carbocycles.